The first-order chi connectivity index (χ1) is 19.0. The topological polar surface area (TPSA) is 124 Å². The lowest BCUT2D eigenvalue weighted by atomic mass is 9.79. The standard InChI is InChI=1S/C31H23N3O6/c1-12-10-16(35)33(4)26-18(12)28(37)21-20-14-8-6-7-9-15(14)32(3)25(20)24-23(22(21)30(26)39)29(38)19-13(2)11-17(36)34(5)27(19)31(24)40/h6-11,38,40H,1-5H3. The number of fused-ring (bicyclic) bond motifs is 10. The van der Waals surface area contributed by atoms with Crippen molar-refractivity contribution in [3.05, 3.63) is 90.6 Å². The van der Waals surface area contributed by atoms with Gasteiger partial charge in [0.15, 0.2) is 5.78 Å². The Kier molecular flexibility index (Phi) is 4.47. The number of phenolic OH excluding ortho intramolecular Hbond substituents is 2. The zero-order chi connectivity index (χ0) is 28.5. The van der Waals surface area contributed by atoms with Crippen molar-refractivity contribution in [2.24, 2.45) is 21.1 Å². The third kappa shape index (κ3) is 2.57. The van der Waals surface area contributed by atoms with E-state index in [9.17, 15) is 29.4 Å². The van der Waals surface area contributed by atoms with Gasteiger partial charge in [0.25, 0.3) is 11.1 Å². The second-order valence-electron chi connectivity index (χ2n) is 10.6. The molecule has 3 aromatic carbocycles. The molecule has 0 amide bonds. The van der Waals surface area contributed by atoms with Crippen molar-refractivity contribution in [1.29, 1.82) is 0 Å². The summed E-state index contributed by atoms with van der Waals surface area (Å²) in [6.45, 7) is 3.25. The van der Waals surface area contributed by atoms with Gasteiger partial charge in [0.2, 0.25) is 5.78 Å². The summed E-state index contributed by atoms with van der Waals surface area (Å²) >= 11 is 0. The SMILES string of the molecule is Cc1cc(=O)n(C)c2c1C(=O)c1c(c3c(O)c4c(C)cc(=O)n(C)c4c(O)c3c3c1c1ccccc1n3C)C2=O. The molecule has 1 aliphatic carbocycles. The van der Waals surface area contributed by atoms with E-state index >= 15 is 0 Å². The number of aryl methyl sites for hydroxylation is 4. The van der Waals surface area contributed by atoms with Crippen LogP contribution in [0, 0.1) is 13.8 Å². The molecule has 9 nitrogen and oxygen atoms in total. The van der Waals surface area contributed by atoms with Crippen LogP contribution < -0.4 is 11.1 Å². The fourth-order valence-corrected chi connectivity index (χ4v) is 6.61. The first kappa shape index (κ1) is 23.9. The van der Waals surface area contributed by atoms with Crippen LogP contribution in [0.15, 0.2) is 46.0 Å². The zero-order valence-electron chi connectivity index (χ0n) is 22.3. The largest absolute Gasteiger partial charge is 0.507 e. The Bertz CT molecular complexity index is 2370. The average molecular weight is 534 g/mol. The molecule has 0 fully saturated rings. The van der Waals surface area contributed by atoms with Gasteiger partial charge in [-0.25, -0.2) is 0 Å². The molecule has 9 heteroatoms. The highest BCUT2D eigenvalue weighted by Crippen LogP contribution is 2.51. The molecule has 0 bridgehead atoms. The summed E-state index contributed by atoms with van der Waals surface area (Å²) in [4.78, 5) is 54.3. The molecular formula is C31H23N3O6. The summed E-state index contributed by atoms with van der Waals surface area (Å²) in [5.74, 6) is -1.68. The van der Waals surface area contributed by atoms with Crippen LogP contribution in [-0.4, -0.2) is 35.5 Å². The normalized spacial score (nSPS) is 13.1. The lowest BCUT2D eigenvalue weighted by Gasteiger charge is -2.25. The van der Waals surface area contributed by atoms with E-state index in [1.54, 1.807) is 20.9 Å². The van der Waals surface area contributed by atoms with Crippen LogP contribution in [0.5, 0.6) is 11.5 Å². The maximum Gasteiger partial charge on any atom is 0.251 e. The number of carbonyl (C=O) groups excluding carboxylic acids is 2. The quantitative estimate of drug-likeness (QED) is 0.226. The van der Waals surface area contributed by atoms with Crippen molar-refractivity contribution in [3.8, 4) is 11.5 Å². The second kappa shape index (κ2) is 7.47. The summed E-state index contributed by atoms with van der Waals surface area (Å²) in [7, 11) is 4.71. The molecule has 0 unspecified atom stereocenters. The van der Waals surface area contributed by atoms with Crippen LogP contribution in [-0.2, 0) is 21.1 Å². The van der Waals surface area contributed by atoms with Crippen LogP contribution in [0.2, 0.25) is 0 Å². The number of aromatic nitrogens is 3. The minimum Gasteiger partial charge on any atom is -0.507 e. The van der Waals surface area contributed by atoms with E-state index < -0.39 is 17.1 Å². The number of benzene rings is 3. The Balaban J connectivity index is 1.90. The van der Waals surface area contributed by atoms with Crippen molar-refractivity contribution in [3.63, 3.8) is 0 Å². The van der Waals surface area contributed by atoms with Crippen molar-refractivity contribution >= 4 is 55.0 Å². The highest BCUT2D eigenvalue weighted by molar-refractivity contribution is 6.41. The molecule has 0 spiro atoms. The van der Waals surface area contributed by atoms with Gasteiger partial charge in [0.1, 0.15) is 17.2 Å². The number of phenols is 2. The highest BCUT2D eigenvalue weighted by Gasteiger charge is 2.40. The molecule has 0 atom stereocenters. The van der Waals surface area contributed by atoms with Crippen molar-refractivity contribution in [2.45, 2.75) is 13.8 Å². The van der Waals surface area contributed by atoms with Crippen molar-refractivity contribution in [2.75, 3.05) is 0 Å². The van der Waals surface area contributed by atoms with E-state index in [1.165, 1.54) is 30.8 Å². The fourth-order valence-electron chi connectivity index (χ4n) is 6.61. The summed E-state index contributed by atoms with van der Waals surface area (Å²) in [5, 5.41) is 25.2. The van der Waals surface area contributed by atoms with E-state index in [0.717, 1.165) is 10.1 Å². The fraction of sp³-hybridized carbons (Fsp3) is 0.161. The number of carbonyl (C=O) groups is 2. The first-order valence-electron chi connectivity index (χ1n) is 12.7. The van der Waals surface area contributed by atoms with E-state index in [-0.39, 0.29) is 61.1 Å². The number of hydrogen-bond acceptors (Lipinski definition) is 6. The summed E-state index contributed by atoms with van der Waals surface area (Å²) in [6, 6.07) is 10.0. The molecule has 3 aromatic heterocycles. The van der Waals surface area contributed by atoms with Gasteiger partial charge in [-0.05, 0) is 31.0 Å². The van der Waals surface area contributed by atoms with Crippen LogP contribution in [0.25, 0.3) is 43.5 Å². The molecule has 0 saturated carbocycles. The van der Waals surface area contributed by atoms with Gasteiger partial charge < -0.3 is 23.9 Å². The Morgan fingerprint density at radius 1 is 0.600 bits per heavy atom. The van der Waals surface area contributed by atoms with Gasteiger partial charge in [-0.3, -0.25) is 19.2 Å². The number of ketones is 2. The highest BCUT2D eigenvalue weighted by atomic mass is 16.3. The van der Waals surface area contributed by atoms with Crippen LogP contribution in [0.3, 0.4) is 0 Å². The lowest BCUT2D eigenvalue weighted by Crippen LogP contribution is -2.32. The maximum atomic E-state index is 14.4. The molecule has 6 aromatic rings. The van der Waals surface area contributed by atoms with Gasteiger partial charge in [-0.15, -0.1) is 0 Å². The Hall–Kier alpha value is -5.18. The van der Waals surface area contributed by atoms with E-state index in [4.69, 9.17) is 0 Å². The summed E-state index contributed by atoms with van der Waals surface area (Å²) < 4.78 is 4.21. The Labute approximate surface area is 225 Å². The smallest absolute Gasteiger partial charge is 0.251 e. The molecule has 0 aliphatic heterocycles. The molecule has 7 rings (SSSR count). The van der Waals surface area contributed by atoms with Gasteiger partial charge in [-0.2, -0.15) is 0 Å². The molecule has 1 aliphatic rings. The summed E-state index contributed by atoms with van der Waals surface area (Å²) in [6.07, 6.45) is 0. The first-order valence-corrected chi connectivity index (χ1v) is 12.7. The predicted octanol–water partition coefficient (Wildman–Crippen LogP) is 3.84. The lowest BCUT2D eigenvalue weighted by molar-refractivity contribution is 0.0973. The van der Waals surface area contributed by atoms with Gasteiger partial charge in [0.05, 0.1) is 22.0 Å². The van der Waals surface area contributed by atoms with Crippen LogP contribution >= 0.6 is 0 Å². The predicted molar refractivity (Wildman–Crippen MR) is 152 cm³/mol. The van der Waals surface area contributed by atoms with E-state index in [1.807, 2.05) is 28.8 Å². The minimum absolute atomic E-state index is 0.00175. The number of rotatable bonds is 0. The number of nitrogens with zero attached hydrogens (tertiary/aromatic N) is 3. The molecule has 0 saturated heterocycles. The zero-order valence-corrected chi connectivity index (χ0v) is 22.3. The van der Waals surface area contributed by atoms with Crippen LogP contribution in [0.4, 0.5) is 0 Å². The third-order valence-corrected chi connectivity index (χ3v) is 8.45. The Morgan fingerprint density at radius 3 is 1.95 bits per heavy atom. The average Bonchev–Trinajstić information content (AvgIpc) is 3.21. The molecule has 198 valence electrons. The summed E-state index contributed by atoms with van der Waals surface area (Å²) in [5.41, 5.74) is 1.34. The van der Waals surface area contributed by atoms with Crippen molar-refractivity contribution in [1.82, 2.24) is 13.7 Å². The van der Waals surface area contributed by atoms with E-state index in [2.05, 4.69) is 0 Å². The molecule has 40 heavy (non-hydrogen) atoms. The van der Waals surface area contributed by atoms with Crippen molar-refractivity contribution < 1.29 is 19.8 Å². The second-order valence-corrected chi connectivity index (χ2v) is 10.6. The minimum atomic E-state index is -0.607. The third-order valence-electron chi connectivity index (χ3n) is 8.45. The van der Waals surface area contributed by atoms with Gasteiger partial charge in [0, 0.05) is 71.5 Å². The Morgan fingerprint density at radius 2 is 1.23 bits per heavy atom. The number of pyridine rings is 2. The number of para-hydroxylation sites is 1. The number of hydrogen-bond donors (Lipinski definition) is 2. The van der Waals surface area contributed by atoms with Gasteiger partial charge in [-0.1, -0.05) is 18.2 Å². The maximum absolute atomic E-state index is 14.4. The number of aromatic hydroxyl groups is 2. The molecular weight excluding hydrogens is 510 g/mol. The molecule has 0 radical (unpaired) electrons. The van der Waals surface area contributed by atoms with E-state index in [0.29, 0.717) is 27.4 Å². The van der Waals surface area contributed by atoms with Crippen LogP contribution in [0.1, 0.15) is 43.1 Å². The molecule has 2 N–H and O–H groups in total. The molecule has 3 heterocycles. The van der Waals surface area contributed by atoms with Gasteiger partial charge >= 0.3 is 0 Å². The monoisotopic (exact) mass is 533 g/mol.